The number of hydrogen-bond acceptors (Lipinski definition) is 5. The maximum atomic E-state index is 8.08. The molecule has 3 rings (SSSR count). The van der Waals surface area contributed by atoms with Gasteiger partial charge in [0.25, 0.3) is 0 Å². The van der Waals surface area contributed by atoms with E-state index in [1.165, 1.54) is 26.6 Å². The van der Waals surface area contributed by atoms with Crippen LogP contribution in [0.5, 0.6) is 0 Å². The van der Waals surface area contributed by atoms with Gasteiger partial charge in [-0.2, -0.15) is 0 Å². The summed E-state index contributed by atoms with van der Waals surface area (Å²) >= 11 is 0. The highest BCUT2D eigenvalue weighted by atomic mass is 16.5. The van der Waals surface area contributed by atoms with Crippen LogP contribution >= 0.6 is 0 Å². The lowest BCUT2D eigenvalue weighted by Gasteiger charge is -2.19. The van der Waals surface area contributed by atoms with E-state index in [4.69, 9.17) is 15.9 Å². The van der Waals surface area contributed by atoms with Gasteiger partial charge in [0.2, 0.25) is 0 Å². The zero-order valence-corrected chi connectivity index (χ0v) is 14.0. The van der Waals surface area contributed by atoms with Crippen LogP contribution in [0.4, 0.5) is 5.82 Å². The molecule has 2 unspecified atom stereocenters. The summed E-state index contributed by atoms with van der Waals surface area (Å²) in [4.78, 5) is 8.40. The fourth-order valence-corrected chi connectivity index (χ4v) is 2.95. The fraction of sp³-hybridized carbons (Fsp3) is 0.529. The molecule has 2 aromatic rings. The minimum atomic E-state index is -1.50. The topological polar surface area (TPSA) is 97.2 Å². The molecule has 6 nitrogen and oxygen atoms in total. The molecule has 23 heavy (non-hydrogen) atoms. The summed E-state index contributed by atoms with van der Waals surface area (Å²) in [6, 6.07) is 2.49. The van der Waals surface area contributed by atoms with Crippen molar-refractivity contribution in [1.82, 2.24) is 14.5 Å². The molecule has 0 spiro atoms. The second-order valence-electron chi connectivity index (χ2n) is 6.97. The maximum Gasteiger partial charge on any atom is 0.156 e. The molecule has 0 aromatic carbocycles. The van der Waals surface area contributed by atoms with E-state index in [1.807, 2.05) is 6.07 Å². The van der Waals surface area contributed by atoms with Crippen LogP contribution in [-0.2, 0) is 0 Å². The molecule has 0 amide bonds. The average molecular weight is 318 g/mol. The van der Waals surface area contributed by atoms with Gasteiger partial charge in [0.1, 0.15) is 17.8 Å². The number of nitrogens with zero attached hydrogens (tertiary/aromatic N) is 3. The van der Waals surface area contributed by atoms with Crippen LogP contribution in [0.25, 0.3) is 11.0 Å². The Bertz CT molecular complexity index is 683. The monoisotopic (exact) mass is 318 g/mol. The van der Waals surface area contributed by atoms with Gasteiger partial charge < -0.3 is 20.5 Å². The smallest absolute Gasteiger partial charge is 0.156 e. The predicted molar refractivity (Wildman–Crippen MR) is 91.6 cm³/mol. The first kappa shape index (κ1) is 17.4. The van der Waals surface area contributed by atoms with Gasteiger partial charge in [-0.3, -0.25) is 0 Å². The van der Waals surface area contributed by atoms with Crippen molar-refractivity contribution in [3.05, 3.63) is 31.2 Å². The van der Waals surface area contributed by atoms with Gasteiger partial charge in [0.05, 0.1) is 5.39 Å². The number of allylic oxidation sites excluding steroid dienone is 1. The molecule has 1 fully saturated rings. The van der Waals surface area contributed by atoms with Crippen molar-refractivity contribution in [2.24, 2.45) is 5.41 Å². The first-order valence-electron chi connectivity index (χ1n) is 7.78. The van der Waals surface area contributed by atoms with Crippen LogP contribution in [0.15, 0.2) is 31.2 Å². The summed E-state index contributed by atoms with van der Waals surface area (Å²) in [7, 11) is 0. The quantitative estimate of drug-likeness (QED) is 0.584. The highest BCUT2D eigenvalue weighted by molar-refractivity contribution is 5.86. The number of nitrogen functional groups attached to an aromatic ring is 1. The molecule has 1 saturated carbocycles. The largest absolute Gasteiger partial charge is 0.383 e. The van der Waals surface area contributed by atoms with E-state index in [9.17, 15) is 0 Å². The van der Waals surface area contributed by atoms with Crippen LogP contribution in [0.1, 0.15) is 46.1 Å². The number of rotatable bonds is 2. The molecular weight excluding hydrogens is 292 g/mol. The molecule has 4 N–H and O–H groups in total. The Morgan fingerprint density at radius 3 is 2.65 bits per heavy atom. The van der Waals surface area contributed by atoms with E-state index in [0.29, 0.717) is 11.9 Å². The van der Waals surface area contributed by atoms with Gasteiger partial charge in [0, 0.05) is 12.2 Å². The zero-order chi connectivity index (χ0) is 17.3. The van der Waals surface area contributed by atoms with Crippen LogP contribution in [-0.4, -0.2) is 30.5 Å². The normalized spacial score (nSPS) is 24.3. The van der Waals surface area contributed by atoms with E-state index >= 15 is 0 Å². The van der Waals surface area contributed by atoms with Crippen molar-refractivity contribution in [2.45, 2.75) is 51.9 Å². The Morgan fingerprint density at radius 1 is 1.43 bits per heavy atom. The van der Waals surface area contributed by atoms with E-state index in [0.717, 1.165) is 23.9 Å². The maximum absolute atomic E-state index is 8.08. The number of fused-ring (bicyclic) bond motifs is 1. The summed E-state index contributed by atoms with van der Waals surface area (Å²) in [5.74, 6) is -0.941. The Balaban J connectivity index is 0.000000338. The molecule has 0 radical (unpaired) electrons. The lowest BCUT2D eigenvalue weighted by Crippen LogP contribution is -2.15. The molecule has 0 saturated heterocycles. The number of anilines is 1. The number of hydrogen-bond donors (Lipinski definition) is 3. The van der Waals surface area contributed by atoms with Crippen molar-refractivity contribution in [1.29, 1.82) is 0 Å². The summed E-state index contributed by atoms with van der Waals surface area (Å²) < 4.78 is 2.24. The highest BCUT2D eigenvalue weighted by Gasteiger charge is 2.33. The number of aromatic nitrogens is 3. The SMILES string of the molecule is C=CC1(C)CCC(n2ccc3c(N)ncnc32)C1.CC(C)(O)O. The van der Waals surface area contributed by atoms with Crippen LogP contribution in [0.2, 0.25) is 0 Å². The van der Waals surface area contributed by atoms with E-state index in [2.05, 4.69) is 40.3 Å². The van der Waals surface area contributed by atoms with Gasteiger partial charge in [-0.15, -0.1) is 6.58 Å². The minimum Gasteiger partial charge on any atom is -0.383 e. The molecule has 1 aliphatic rings. The van der Waals surface area contributed by atoms with Crippen LogP contribution < -0.4 is 5.73 Å². The summed E-state index contributed by atoms with van der Waals surface area (Å²) in [5, 5.41) is 17.1. The molecule has 1 aliphatic carbocycles. The average Bonchev–Trinajstić information content (AvgIpc) is 3.02. The van der Waals surface area contributed by atoms with Crippen LogP contribution in [0, 0.1) is 5.41 Å². The van der Waals surface area contributed by atoms with E-state index in [1.54, 1.807) is 0 Å². The van der Waals surface area contributed by atoms with Crippen molar-refractivity contribution in [2.75, 3.05) is 5.73 Å². The first-order valence-corrected chi connectivity index (χ1v) is 7.78. The Morgan fingerprint density at radius 2 is 2.09 bits per heavy atom. The third-order valence-electron chi connectivity index (χ3n) is 4.18. The number of nitrogens with two attached hydrogens (primary N) is 1. The molecule has 2 aromatic heterocycles. The van der Waals surface area contributed by atoms with Crippen molar-refractivity contribution < 1.29 is 10.2 Å². The standard InChI is InChI=1S/C14H18N4.C3H8O2/c1-3-14(2)6-4-10(8-14)18-7-5-11-12(15)16-9-17-13(11)18;1-3(2,4)5/h3,5,7,9-10H,1,4,6,8H2,2H3,(H2,15,16,17);4-5H,1-2H3. The second-order valence-corrected chi connectivity index (χ2v) is 6.97. The van der Waals surface area contributed by atoms with Crippen molar-refractivity contribution >= 4 is 16.9 Å². The highest BCUT2D eigenvalue weighted by Crippen LogP contribution is 2.45. The molecule has 126 valence electrons. The van der Waals surface area contributed by atoms with Gasteiger partial charge in [-0.1, -0.05) is 13.0 Å². The van der Waals surface area contributed by atoms with E-state index < -0.39 is 5.79 Å². The lowest BCUT2D eigenvalue weighted by atomic mass is 9.89. The summed E-state index contributed by atoms with van der Waals surface area (Å²) in [6.45, 7) is 8.82. The van der Waals surface area contributed by atoms with Gasteiger partial charge in [-0.05, 0) is 44.6 Å². The Hall–Kier alpha value is -1.92. The zero-order valence-electron chi connectivity index (χ0n) is 14.0. The van der Waals surface area contributed by atoms with Gasteiger partial charge in [0.15, 0.2) is 5.79 Å². The number of aliphatic hydroxyl groups is 2. The lowest BCUT2D eigenvalue weighted by molar-refractivity contribution is -0.127. The summed E-state index contributed by atoms with van der Waals surface area (Å²) in [6.07, 6.45) is 9.16. The summed E-state index contributed by atoms with van der Waals surface area (Å²) in [5.41, 5.74) is 7.06. The van der Waals surface area contributed by atoms with Crippen molar-refractivity contribution in [3.63, 3.8) is 0 Å². The first-order chi connectivity index (χ1) is 10.6. The third-order valence-corrected chi connectivity index (χ3v) is 4.18. The molecule has 0 bridgehead atoms. The Kier molecular flexibility index (Phi) is 4.77. The predicted octanol–water partition coefficient (Wildman–Crippen LogP) is 2.64. The fourth-order valence-electron chi connectivity index (χ4n) is 2.95. The van der Waals surface area contributed by atoms with E-state index in [-0.39, 0.29) is 5.41 Å². The molecular formula is C17H26N4O2. The minimum absolute atomic E-state index is 0.250. The molecule has 2 heterocycles. The molecule has 2 atom stereocenters. The molecule has 6 heteroatoms. The van der Waals surface area contributed by atoms with Crippen molar-refractivity contribution in [3.8, 4) is 0 Å². The second kappa shape index (κ2) is 6.29. The molecule has 0 aliphatic heterocycles. The Labute approximate surface area is 136 Å². The van der Waals surface area contributed by atoms with Gasteiger partial charge >= 0.3 is 0 Å². The third kappa shape index (κ3) is 4.30. The van der Waals surface area contributed by atoms with Crippen LogP contribution in [0.3, 0.4) is 0 Å². The van der Waals surface area contributed by atoms with Gasteiger partial charge in [-0.25, -0.2) is 9.97 Å².